The normalized spacial score (nSPS) is 10.4. The molecule has 0 bridgehead atoms. The molecule has 0 fully saturated rings. The number of hydrogen-bond donors (Lipinski definition) is 2. The van der Waals surface area contributed by atoms with E-state index in [-0.39, 0.29) is 12.5 Å². The molecule has 0 aliphatic rings. The maximum Gasteiger partial charge on any atom is 0.341 e. The Bertz CT molecular complexity index is 940. The molecule has 8 heteroatoms. The second-order valence-corrected chi connectivity index (χ2v) is 5.65. The molecule has 1 amide bonds. The number of carbonyl (C=O) groups is 2. The predicted octanol–water partition coefficient (Wildman–Crippen LogP) is 2.40. The Morgan fingerprint density at radius 3 is 2.59 bits per heavy atom. The van der Waals surface area contributed by atoms with E-state index >= 15 is 0 Å². The van der Waals surface area contributed by atoms with Crippen molar-refractivity contribution >= 4 is 11.9 Å². The number of amides is 1. The zero-order valence-corrected chi connectivity index (χ0v) is 14.1. The molecular formula is C19H16FN3O4. The van der Waals surface area contributed by atoms with Crippen LogP contribution in [0.25, 0.3) is 5.69 Å². The van der Waals surface area contributed by atoms with Crippen molar-refractivity contribution in [2.24, 2.45) is 0 Å². The molecule has 3 aromatic rings. The molecule has 0 atom stereocenters. The molecule has 0 aliphatic carbocycles. The molecule has 0 unspecified atom stereocenters. The van der Waals surface area contributed by atoms with Gasteiger partial charge >= 0.3 is 5.97 Å². The molecule has 1 heterocycles. The van der Waals surface area contributed by atoms with Crippen molar-refractivity contribution in [2.45, 2.75) is 6.54 Å². The molecule has 0 saturated heterocycles. The molecule has 7 nitrogen and oxygen atoms in total. The average molecular weight is 369 g/mol. The van der Waals surface area contributed by atoms with E-state index in [0.29, 0.717) is 22.6 Å². The number of rotatable bonds is 7. The summed E-state index contributed by atoms with van der Waals surface area (Å²) in [5.41, 5.74) is 1.37. The van der Waals surface area contributed by atoms with Crippen LogP contribution in [0.5, 0.6) is 5.75 Å². The van der Waals surface area contributed by atoms with Gasteiger partial charge in [0.25, 0.3) is 5.91 Å². The minimum Gasteiger partial charge on any atom is -0.482 e. The smallest absolute Gasteiger partial charge is 0.341 e. The largest absolute Gasteiger partial charge is 0.482 e. The van der Waals surface area contributed by atoms with Crippen LogP contribution in [0.2, 0.25) is 0 Å². The lowest BCUT2D eigenvalue weighted by atomic mass is 10.1. The average Bonchev–Trinajstić information content (AvgIpc) is 3.19. The van der Waals surface area contributed by atoms with E-state index in [2.05, 4.69) is 10.3 Å². The third-order valence-corrected chi connectivity index (χ3v) is 3.73. The van der Waals surface area contributed by atoms with Crippen molar-refractivity contribution in [3.63, 3.8) is 0 Å². The van der Waals surface area contributed by atoms with Gasteiger partial charge in [0.15, 0.2) is 6.61 Å². The standard InChI is InChI=1S/C19H16FN3O4/c20-16-9-13(1-6-17(16)23-8-7-21-12-23)10-22-19(26)14-2-4-15(5-3-14)27-11-18(24)25/h1-9,12H,10-11H2,(H,22,26)(H,24,25). The number of aromatic nitrogens is 2. The van der Waals surface area contributed by atoms with Gasteiger partial charge in [0.2, 0.25) is 0 Å². The summed E-state index contributed by atoms with van der Waals surface area (Å²) in [6.07, 6.45) is 4.71. The molecule has 1 aromatic heterocycles. The zero-order valence-electron chi connectivity index (χ0n) is 14.1. The number of nitrogens with zero attached hydrogens (tertiary/aromatic N) is 2. The highest BCUT2D eigenvalue weighted by Crippen LogP contribution is 2.15. The Balaban J connectivity index is 1.59. The third-order valence-electron chi connectivity index (χ3n) is 3.73. The molecule has 138 valence electrons. The molecule has 3 rings (SSSR count). The van der Waals surface area contributed by atoms with Gasteiger partial charge in [-0.15, -0.1) is 0 Å². The second-order valence-electron chi connectivity index (χ2n) is 5.65. The van der Waals surface area contributed by atoms with E-state index < -0.39 is 18.4 Å². The first-order chi connectivity index (χ1) is 13.0. The number of imidazole rings is 1. The second kappa shape index (κ2) is 8.13. The summed E-state index contributed by atoms with van der Waals surface area (Å²) in [7, 11) is 0. The van der Waals surface area contributed by atoms with Gasteiger partial charge < -0.3 is 19.7 Å². The summed E-state index contributed by atoms with van der Waals surface area (Å²) in [4.78, 5) is 26.5. The number of nitrogens with one attached hydrogen (secondary N) is 1. The highest BCUT2D eigenvalue weighted by molar-refractivity contribution is 5.94. The summed E-state index contributed by atoms with van der Waals surface area (Å²) in [5.74, 6) is -1.48. The molecule has 2 N–H and O–H groups in total. The first-order valence-electron chi connectivity index (χ1n) is 8.02. The highest BCUT2D eigenvalue weighted by Gasteiger charge is 2.09. The number of ether oxygens (including phenoxy) is 1. The van der Waals surface area contributed by atoms with E-state index in [1.54, 1.807) is 29.1 Å². The Hall–Kier alpha value is -3.68. The number of carboxylic acid groups (broad SMARTS) is 1. The Labute approximate surface area is 154 Å². The number of aliphatic carboxylic acids is 1. The molecule has 2 aromatic carbocycles. The van der Waals surface area contributed by atoms with Crippen LogP contribution in [0.1, 0.15) is 15.9 Å². The Morgan fingerprint density at radius 2 is 1.96 bits per heavy atom. The first-order valence-corrected chi connectivity index (χ1v) is 8.02. The van der Waals surface area contributed by atoms with E-state index in [4.69, 9.17) is 9.84 Å². The maximum absolute atomic E-state index is 14.2. The first kappa shape index (κ1) is 18.1. The highest BCUT2D eigenvalue weighted by atomic mass is 19.1. The van der Waals surface area contributed by atoms with Gasteiger partial charge in [-0.25, -0.2) is 14.2 Å². The fourth-order valence-corrected chi connectivity index (χ4v) is 2.40. The summed E-state index contributed by atoms with van der Waals surface area (Å²) in [6.45, 7) is -0.288. The van der Waals surface area contributed by atoms with Crippen molar-refractivity contribution < 1.29 is 23.8 Å². The Morgan fingerprint density at radius 1 is 1.19 bits per heavy atom. The number of benzene rings is 2. The number of carboxylic acids is 1. The van der Waals surface area contributed by atoms with Crippen molar-refractivity contribution in [1.29, 1.82) is 0 Å². The van der Waals surface area contributed by atoms with Crippen LogP contribution in [-0.4, -0.2) is 33.1 Å². The van der Waals surface area contributed by atoms with Crippen LogP contribution in [0, 0.1) is 5.82 Å². The van der Waals surface area contributed by atoms with E-state index in [0.717, 1.165) is 0 Å². The molecule has 0 spiro atoms. The monoisotopic (exact) mass is 369 g/mol. The van der Waals surface area contributed by atoms with E-state index in [1.165, 1.54) is 36.7 Å². The van der Waals surface area contributed by atoms with Crippen LogP contribution in [0.4, 0.5) is 4.39 Å². The van der Waals surface area contributed by atoms with Crippen LogP contribution < -0.4 is 10.1 Å². The fourth-order valence-electron chi connectivity index (χ4n) is 2.40. The third kappa shape index (κ3) is 4.69. The fraction of sp³-hybridized carbons (Fsp3) is 0.105. The quantitative estimate of drug-likeness (QED) is 0.667. The van der Waals surface area contributed by atoms with Gasteiger partial charge in [-0.2, -0.15) is 0 Å². The van der Waals surface area contributed by atoms with Crippen molar-refractivity contribution in [3.8, 4) is 11.4 Å². The predicted molar refractivity (Wildman–Crippen MR) is 94.3 cm³/mol. The molecular weight excluding hydrogens is 353 g/mol. The molecule has 0 aliphatic heterocycles. The summed E-state index contributed by atoms with van der Waals surface area (Å²) >= 11 is 0. The number of hydrogen-bond acceptors (Lipinski definition) is 4. The van der Waals surface area contributed by atoms with Crippen molar-refractivity contribution in [1.82, 2.24) is 14.9 Å². The summed E-state index contributed by atoms with van der Waals surface area (Å²) < 4.78 is 20.8. The molecule has 0 radical (unpaired) electrons. The Kier molecular flexibility index (Phi) is 5.46. The maximum atomic E-state index is 14.2. The van der Waals surface area contributed by atoms with Gasteiger partial charge in [-0.05, 0) is 42.0 Å². The van der Waals surface area contributed by atoms with E-state index in [9.17, 15) is 14.0 Å². The minimum absolute atomic E-state index is 0.164. The van der Waals surface area contributed by atoms with E-state index in [1.807, 2.05) is 0 Å². The van der Waals surface area contributed by atoms with Crippen LogP contribution in [-0.2, 0) is 11.3 Å². The van der Waals surface area contributed by atoms with Crippen molar-refractivity contribution in [2.75, 3.05) is 6.61 Å². The topological polar surface area (TPSA) is 93.5 Å². The summed E-state index contributed by atoms with van der Waals surface area (Å²) in [6, 6.07) is 10.8. The lowest BCUT2D eigenvalue weighted by molar-refractivity contribution is -0.139. The van der Waals surface area contributed by atoms with Gasteiger partial charge in [0, 0.05) is 24.5 Å². The SMILES string of the molecule is O=C(O)COc1ccc(C(=O)NCc2ccc(-n3ccnc3)c(F)c2)cc1. The molecule has 27 heavy (non-hydrogen) atoms. The zero-order chi connectivity index (χ0) is 19.2. The minimum atomic E-state index is -1.08. The van der Waals surface area contributed by atoms with Crippen LogP contribution in [0.15, 0.2) is 61.2 Å². The summed E-state index contributed by atoms with van der Waals surface area (Å²) in [5, 5.41) is 11.3. The number of carbonyl (C=O) groups excluding carboxylic acids is 1. The van der Waals surface area contributed by atoms with Crippen LogP contribution in [0.3, 0.4) is 0 Å². The van der Waals surface area contributed by atoms with Gasteiger partial charge in [0.05, 0.1) is 12.0 Å². The molecule has 0 saturated carbocycles. The number of halogens is 1. The van der Waals surface area contributed by atoms with Crippen molar-refractivity contribution in [3.05, 3.63) is 78.1 Å². The lowest BCUT2D eigenvalue weighted by Gasteiger charge is -2.09. The van der Waals surface area contributed by atoms with Gasteiger partial charge in [-0.3, -0.25) is 4.79 Å². The lowest BCUT2D eigenvalue weighted by Crippen LogP contribution is -2.22. The van der Waals surface area contributed by atoms with Crippen LogP contribution >= 0.6 is 0 Å². The van der Waals surface area contributed by atoms with Gasteiger partial charge in [-0.1, -0.05) is 6.07 Å². The van der Waals surface area contributed by atoms with Gasteiger partial charge in [0.1, 0.15) is 11.6 Å².